The molecule has 0 bridgehead atoms. The third-order valence-corrected chi connectivity index (χ3v) is 2.04. The Morgan fingerprint density at radius 1 is 1.21 bits per heavy atom. The van der Waals surface area contributed by atoms with E-state index in [4.69, 9.17) is 5.73 Å². The minimum atomic E-state index is 0.578. The van der Waals surface area contributed by atoms with Crippen LogP contribution in [0.2, 0.25) is 0 Å². The Kier molecular flexibility index (Phi) is 3.89. The van der Waals surface area contributed by atoms with Crippen LogP contribution in [-0.4, -0.2) is 0 Å². The molecule has 0 fully saturated rings. The molecule has 1 aromatic rings. The van der Waals surface area contributed by atoms with Gasteiger partial charge < -0.3 is 5.73 Å². The Morgan fingerprint density at radius 2 is 1.86 bits per heavy atom. The maximum atomic E-state index is 5.52. The van der Waals surface area contributed by atoms with E-state index in [-0.39, 0.29) is 0 Å². The second-order valence-electron chi connectivity index (χ2n) is 2.96. The van der Waals surface area contributed by atoms with Crippen molar-refractivity contribution in [2.24, 2.45) is 5.73 Å². The Hall–Kier alpha value is -1.60. The van der Waals surface area contributed by atoms with Crippen LogP contribution in [0.4, 0.5) is 0 Å². The first kappa shape index (κ1) is 10.5. The van der Waals surface area contributed by atoms with E-state index in [1.54, 1.807) is 6.08 Å². The molecule has 72 valence electrons. The molecular weight excluding hydrogens is 170 g/mol. The van der Waals surface area contributed by atoms with E-state index in [0.29, 0.717) is 6.54 Å². The summed E-state index contributed by atoms with van der Waals surface area (Å²) in [5, 5.41) is 0. The van der Waals surface area contributed by atoms with Crippen molar-refractivity contribution in [3.63, 3.8) is 0 Å². The molecule has 0 aliphatic carbocycles. The molecule has 0 aliphatic heterocycles. The summed E-state index contributed by atoms with van der Waals surface area (Å²) >= 11 is 0. The lowest BCUT2D eigenvalue weighted by molar-refractivity contribution is 1.07. The van der Waals surface area contributed by atoms with Crippen LogP contribution in [0.15, 0.2) is 55.7 Å². The summed E-state index contributed by atoms with van der Waals surface area (Å²) in [7, 11) is 0. The predicted molar refractivity (Wildman–Crippen MR) is 62.7 cm³/mol. The van der Waals surface area contributed by atoms with E-state index < -0.39 is 0 Å². The van der Waals surface area contributed by atoms with E-state index in [1.807, 2.05) is 36.4 Å². The Balaban J connectivity index is 3.00. The van der Waals surface area contributed by atoms with Crippen molar-refractivity contribution >= 4 is 5.57 Å². The van der Waals surface area contributed by atoms with Crippen molar-refractivity contribution in [2.45, 2.75) is 6.54 Å². The summed E-state index contributed by atoms with van der Waals surface area (Å²) < 4.78 is 0. The highest BCUT2D eigenvalue weighted by Crippen LogP contribution is 2.16. The molecule has 14 heavy (non-hydrogen) atoms. The first-order valence-corrected chi connectivity index (χ1v) is 4.56. The zero-order valence-electron chi connectivity index (χ0n) is 8.24. The average Bonchev–Trinajstić information content (AvgIpc) is 2.26. The van der Waals surface area contributed by atoms with Crippen LogP contribution >= 0.6 is 0 Å². The summed E-state index contributed by atoms with van der Waals surface area (Å²) in [6.45, 7) is 8.00. The van der Waals surface area contributed by atoms with E-state index >= 15 is 0 Å². The number of hydrogen-bond donors (Lipinski definition) is 1. The number of benzene rings is 1. The molecule has 1 aromatic carbocycles. The van der Waals surface area contributed by atoms with E-state index in [0.717, 1.165) is 16.7 Å². The maximum Gasteiger partial charge on any atom is 0.0178 e. The van der Waals surface area contributed by atoms with Crippen molar-refractivity contribution in [3.05, 3.63) is 66.8 Å². The zero-order valence-corrected chi connectivity index (χ0v) is 8.24. The molecule has 0 spiro atoms. The van der Waals surface area contributed by atoms with Gasteiger partial charge in [0.2, 0.25) is 0 Å². The van der Waals surface area contributed by atoms with Gasteiger partial charge in [0.15, 0.2) is 0 Å². The normalized spacial score (nSPS) is 11.1. The molecule has 2 N–H and O–H groups in total. The third-order valence-electron chi connectivity index (χ3n) is 2.04. The van der Waals surface area contributed by atoms with Crippen LogP contribution in [-0.2, 0) is 6.54 Å². The zero-order chi connectivity index (χ0) is 10.4. The van der Waals surface area contributed by atoms with Crippen LogP contribution in [0.5, 0.6) is 0 Å². The van der Waals surface area contributed by atoms with Gasteiger partial charge in [-0.1, -0.05) is 55.7 Å². The molecule has 0 amide bonds. The van der Waals surface area contributed by atoms with Gasteiger partial charge in [-0.25, -0.2) is 0 Å². The van der Waals surface area contributed by atoms with Gasteiger partial charge in [0.05, 0.1) is 0 Å². The highest BCUT2D eigenvalue weighted by atomic mass is 14.5. The van der Waals surface area contributed by atoms with Gasteiger partial charge in [-0.15, -0.1) is 0 Å². The maximum absolute atomic E-state index is 5.52. The molecular formula is C13H15N. The fraction of sp³-hybridized carbons (Fsp3) is 0.0769. The van der Waals surface area contributed by atoms with Crippen LogP contribution < -0.4 is 5.73 Å². The largest absolute Gasteiger partial charge is 0.326 e. The molecule has 0 heterocycles. The molecule has 0 saturated heterocycles. The minimum Gasteiger partial charge on any atom is -0.326 e. The summed E-state index contributed by atoms with van der Waals surface area (Å²) in [6.07, 6.45) is 5.51. The molecule has 0 aromatic heterocycles. The number of hydrogen-bond acceptors (Lipinski definition) is 1. The van der Waals surface area contributed by atoms with Gasteiger partial charge in [0.1, 0.15) is 0 Å². The van der Waals surface area contributed by atoms with Gasteiger partial charge in [-0.2, -0.15) is 0 Å². The summed E-state index contributed by atoms with van der Waals surface area (Å²) in [5.41, 5.74) is 8.86. The SMILES string of the molecule is C=C/C=C(\C=C)c1ccc(CN)cc1. The van der Waals surface area contributed by atoms with Crippen molar-refractivity contribution in [1.82, 2.24) is 0 Å². The highest BCUT2D eigenvalue weighted by molar-refractivity contribution is 5.74. The highest BCUT2D eigenvalue weighted by Gasteiger charge is 1.95. The Morgan fingerprint density at radius 3 is 2.29 bits per heavy atom. The van der Waals surface area contributed by atoms with Gasteiger partial charge in [0, 0.05) is 6.54 Å². The number of nitrogens with two attached hydrogens (primary N) is 1. The lowest BCUT2D eigenvalue weighted by atomic mass is 10.0. The fourth-order valence-electron chi connectivity index (χ4n) is 1.24. The topological polar surface area (TPSA) is 26.0 Å². The van der Waals surface area contributed by atoms with Crippen LogP contribution in [0.3, 0.4) is 0 Å². The van der Waals surface area contributed by atoms with Gasteiger partial charge in [-0.05, 0) is 16.7 Å². The second kappa shape index (κ2) is 5.20. The quantitative estimate of drug-likeness (QED) is 0.717. The smallest absolute Gasteiger partial charge is 0.0178 e. The Labute approximate surface area is 85.3 Å². The first-order chi connectivity index (χ1) is 6.81. The molecule has 0 radical (unpaired) electrons. The van der Waals surface area contributed by atoms with E-state index in [1.165, 1.54) is 0 Å². The van der Waals surface area contributed by atoms with Crippen LogP contribution in [0.25, 0.3) is 5.57 Å². The van der Waals surface area contributed by atoms with Crippen molar-refractivity contribution in [3.8, 4) is 0 Å². The second-order valence-corrected chi connectivity index (χ2v) is 2.96. The van der Waals surface area contributed by atoms with Crippen molar-refractivity contribution < 1.29 is 0 Å². The van der Waals surface area contributed by atoms with Crippen LogP contribution in [0.1, 0.15) is 11.1 Å². The summed E-state index contributed by atoms with van der Waals surface area (Å²) in [5.74, 6) is 0. The fourth-order valence-corrected chi connectivity index (χ4v) is 1.24. The van der Waals surface area contributed by atoms with Crippen LogP contribution in [0, 0.1) is 0 Å². The van der Waals surface area contributed by atoms with Gasteiger partial charge in [0.25, 0.3) is 0 Å². The average molecular weight is 185 g/mol. The monoisotopic (exact) mass is 185 g/mol. The molecule has 1 heteroatoms. The predicted octanol–water partition coefficient (Wildman–Crippen LogP) is 2.90. The first-order valence-electron chi connectivity index (χ1n) is 4.56. The van der Waals surface area contributed by atoms with E-state index in [2.05, 4.69) is 13.2 Å². The summed E-state index contributed by atoms with van der Waals surface area (Å²) in [6, 6.07) is 8.13. The number of rotatable bonds is 4. The van der Waals surface area contributed by atoms with E-state index in [9.17, 15) is 0 Å². The number of allylic oxidation sites excluding steroid dienone is 4. The molecule has 0 saturated carbocycles. The summed E-state index contributed by atoms with van der Waals surface area (Å²) in [4.78, 5) is 0. The minimum absolute atomic E-state index is 0.578. The Bertz CT molecular complexity index is 344. The molecule has 1 rings (SSSR count). The lowest BCUT2D eigenvalue weighted by Crippen LogP contribution is -1.95. The standard InChI is InChI=1S/C13H15N/c1-3-5-12(4-2)13-8-6-11(10-14)7-9-13/h3-9H,1-2,10,14H2/b12-5+. The third kappa shape index (κ3) is 2.44. The van der Waals surface area contributed by atoms with Gasteiger partial charge >= 0.3 is 0 Å². The van der Waals surface area contributed by atoms with Gasteiger partial charge in [-0.3, -0.25) is 0 Å². The molecule has 0 atom stereocenters. The molecule has 0 unspecified atom stereocenters. The lowest BCUT2D eigenvalue weighted by Gasteiger charge is -2.02. The van der Waals surface area contributed by atoms with Crippen molar-refractivity contribution in [1.29, 1.82) is 0 Å². The molecule has 1 nitrogen and oxygen atoms in total. The molecule has 0 aliphatic rings. The van der Waals surface area contributed by atoms with Crippen molar-refractivity contribution in [2.75, 3.05) is 0 Å².